The number of pyridine rings is 1. The Kier molecular flexibility index (Phi) is 5.61. The maximum Gasteiger partial charge on any atom is 0.274 e. The molecule has 0 radical (unpaired) electrons. The molecule has 0 unspecified atom stereocenters. The van der Waals surface area contributed by atoms with Crippen molar-refractivity contribution < 1.29 is 9.32 Å². The van der Waals surface area contributed by atoms with Crippen molar-refractivity contribution >= 4 is 29.1 Å². The number of aryl methyl sites for hydroxylation is 2. The van der Waals surface area contributed by atoms with Crippen LogP contribution in [-0.4, -0.2) is 43.6 Å². The molecule has 152 valence electrons. The maximum atomic E-state index is 12.8. The van der Waals surface area contributed by atoms with Crippen molar-refractivity contribution in [2.24, 2.45) is 0 Å². The zero-order valence-corrected chi connectivity index (χ0v) is 17.7. The van der Waals surface area contributed by atoms with Crippen LogP contribution in [0.3, 0.4) is 0 Å². The van der Waals surface area contributed by atoms with Crippen LogP contribution in [0.1, 0.15) is 52.1 Å². The monoisotopic (exact) mass is 433 g/mol. The first-order valence-corrected chi connectivity index (χ1v) is 10.2. The highest BCUT2D eigenvalue weighted by atomic mass is 35.5. The van der Waals surface area contributed by atoms with Gasteiger partial charge in [-0.15, -0.1) is 0 Å². The Morgan fingerprint density at radius 2 is 2.00 bits per heavy atom. The summed E-state index contributed by atoms with van der Waals surface area (Å²) in [5, 5.41) is 4.61. The van der Waals surface area contributed by atoms with Crippen molar-refractivity contribution in [3.05, 3.63) is 63.2 Å². The van der Waals surface area contributed by atoms with E-state index in [1.54, 1.807) is 17.0 Å². The lowest BCUT2D eigenvalue weighted by Crippen LogP contribution is -2.39. The second-order valence-electron chi connectivity index (χ2n) is 7.25. The van der Waals surface area contributed by atoms with Gasteiger partial charge in [0.05, 0.1) is 17.3 Å². The molecule has 0 aromatic carbocycles. The number of halogens is 2. The average molecular weight is 434 g/mol. The summed E-state index contributed by atoms with van der Waals surface area (Å²) in [6, 6.07) is 3.17. The molecule has 1 aliphatic heterocycles. The van der Waals surface area contributed by atoms with Crippen LogP contribution >= 0.6 is 23.2 Å². The van der Waals surface area contributed by atoms with E-state index in [0.717, 1.165) is 35.7 Å². The number of rotatable bonds is 4. The van der Waals surface area contributed by atoms with Gasteiger partial charge < -0.3 is 14.0 Å². The second kappa shape index (κ2) is 8.16. The zero-order chi connectivity index (χ0) is 20.5. The number of hydrogen-bond acceptors (Lipinski definition) is 5. The standard InChI is InChI=1S/C20H21Cl2N5O2/c1-12-15(13(2)29-25-12)11-27-10-7-23-19(27)14-5-8-26(9-6-14)20(28)18-16(21)3-4-17(22)24-18/h3-4,7,10,14H,5-6,8-9,11H2,1-2H3. The quantitative estimate of drug-likeness (QED) is 0.574. The molecule has 4 rings (SSSR count). The smallest absolute Gasteiger partial charge is 0.274 e. The van der Waals surface area contributed by atoms with E-state index in [9.17, 15) is 4.79 Å². The fourth-order valence-corrected chi connectivity index (χ4v) is 4.10. The van der Waals surface area contributed by atoms with Gasteiger partial charge in [-0.25, -0.2) is 9.97 Å². The van der Waals surface area contributed by atoms with Crippen LogP contribution in [0.15, 0.2) is 29.0 Å². The minimum Gasteiger partial charge on any atom is -0.361 e. The third-order valence-electron chi connectivity index (χ3n) is 5.42. The molecule has 0 aliphatic carbocycles. The molecule has 3 aromatic rings. The lowest BCUT2D eigenvalue weighted by Gasteiger charge is -2.32. The fraction of sp³-hybridized carbons (Fsp3) is 0.400. The molecular weight excluding hydrogens is 413 g/mol. The van der Waals surface area contributed by atoms with E-state index in [2.05, 4.69) is 19.7 Å². The molecule has 3 aromatic heterocycles. The molecule has 1 fully saturated rings. The SMILES string of the molecule is Cc1noc(C)c1Cn1ccnc1C1CCN(C(=O)c2nc(Cl)ccc2Cl)CC1. The number of imidazole rings is 1. The third kappa shape index (κ3) is 4.02. The van der Waals surface area contributed by atoms with Crippen molar-refractivity contribution in [1.29, 1.82) is 0 Å². The van der Waals surface area contributed by atoms with Crippen LogP contribution in [0.25, 0.3) is 0 Å². The molecule has 1 aliphatic rings. The zero-order valence-electron chi connectivity index (χ0n) is 16.2. The normalized spacial score (nSPS) is 15.1. The lowest BCUT2D eigenvalue weighted by atomic mass is 9.95. The highest BCUT2D eigenvalue weighted by Crippen LogP contribution is 2.29. The largest absolute Gasteiger partial charge is 0.361 e. The summed E-state index contributed by atoms with van der Waals surface area (Å²) in [5.74, 6) is 1.94. The van der Waals surface area contributed by atoms with Crippen LogP contribution in [0.2, 0.25) is 10.2 Å². The Morgan fingerprint density at radius 1 is 1.24 bits per heavy atom. The molecule has 1 saturated heterocycles. The first kappa shape index (κ1) is 19.9. The Balaban J connectivity index is 1.45. The number of hydrogen-bond donors (Lipinski definition) is 0. The summed E-state index contributed by atoms with van der Waals surface area (Å²) in [7, 11) is 0. The highest BCUT2D eigenvalue weighted by molar-refractivity contribution is 6.34. The van der Waals surface area contributed by atoms with Crippen molar-refractivity contribution in [3.63, 3.8) is 0 Å². The van der Waals surface area contributed by atoms with Crippen LogP contribution in [0.4, 0.5) is 0 Å². The molecule has 0 saturated carbocycles. The minimum atomic E-state index is -0.185. The predicted molar refractivity (Wildman–Crippen MR) is 109 cm³/mol. The highest BCUT2D eigenvalue weighted by Gasteiger charge is 2.29. The molecule has 9 heteroatoms. The van der Waals surface area contributed by atoms with Crippen molar-refractivity contribution in [3.8, 4) is 0 Å². The van der Waals surface area contributed by atoms with E-state index in [0.29, 0.717) is 24.7 Å². The van der Waals surface area contributed by atoms with Crippen LogP contribution < -0.4 is 0 Å². The van der Waals surface area contributed by atoms with Crippen molar-refractivity contribution in [1.82, 2.24) is 24.6 Å². The molecule has 0 atom stereocenters. The lowest BCUT2D eigenvalue weighted by molar-refractivity contribution is 0.0704. The maximum absolute atomic E-state index is 12.8. The number of nitrogens with zero attached hydrogens (tertiary/aromatic N) is 5. The van der Waals surface area contributed by atoms with Crippen molar-refractivity contribution in [2.75, 3.05) is 13.1 Å². The summed E-state index contributed by atoms with van der Waals surface area (Å²) < 4.78 is 7.42. The van der Waals surface area contributed by atoms with Gasteiger partial charge in [-0.1, -0.05) is 28.4 Å². The molecule has 7 nitrogen and oxygen atoms in total. The number of piperidine rings is 1. The Hall–Kier alpha value is -2.38. The van der Waals surface area contributed by atoms with Gasteiger partial charge in [-0.05, 0) is 38.8 Å². The summed E-state index contributed by atoms with van der Waals surface area (Å²) in [5.41, 5.74) is 2.18. The van der Waals surface area contributed by atoms with Crippen molar-refractivity contribution in [2.45, 2.75) is 39.2 Å². The predicted octanol–water partition coefficient (Wildman–Crippen LogP) is 4.26. The van der Waals surface area contributed by atoms with Gasteiger partial charge in [0.25, 0.3) is 5.91 Å². The van der Waals surface area contributed by atoms with E-state index >= 15 is 0 Å². The van der Waals surface area contributed by atoms with Gasteiger partial charge in [0.1, 0.15) is 22.4 Å². The number of carbonyl (C=O) groups is 1. The van der Waals surface area contributed by atoms with E-state index in [1.807, 2.05) is 26.2 Å². The first-order chi connectivity index (χ1) is 13.9. The van der Waals surface area contributed by atoms with Gasteiger partial charge in [-0.3, -0.25) is 4.79 Å². The molecule has 0 N–H and O–H groups in total. The van der Waals surface area contributed by atoms with Gasteiger partial charge in [-0.2, -0.15) is 0 Å². The number of carbonyl (C=O) groups excluding carboxylic acids is 1. The van der Waals surface area contributed by atoms with E-state index in [4.69, 9.17) is 27.7 Å². The fourth-order valence-electron chi connectivity index (χ4n) is 3.77. The van der Waals surface area contributed by atoms with Gasteiger partial charge in [0.15, 0.2) is 0 Å². The summed E-state index contributed by atoms with van der Waals surface area (Å²) >= 11 is 12.1. The molecule has 4 heterocycles. The van der Waals surface area contributed by atoms with Crippen LogP contribution in [0.5, 0.6) is 0 Å². The number of amides is 1. The number of aromatic nitrogens is 4. The second-order valence-corrected chi connectivity index (χ2v) is 8.04. The minimum absolute atomic E-state index is 0.185. The van der Waals surface area contributed by atoms with Crippen LogP contribution in [0, 0.1) is 13.8 Å². The van der Waals surface area contributed by atoms with E-state index in [-0.39, 0.29) is 22.7 Å². The summed E-state index contributed by atoms with van der Waals surface area (Å²) in [6.45, 7) is 5.78. The van der Waals surface area contributed by atoms with E-state index < -0.39 is 0 Å². The van der Waals surface area contributed by atoms with Gasteiger partial charge >= 0.3 is 0 Å². The summed E-state index contributed by atoms with van der Waals surface area (Å²) in [6.07, 6.45) is 5.44. The summed E-state index contributed by atoms with van der Waals surface area (Å²) in [4.78, 5) is 23.3. The average Bonchev–Trinajstić information content (AvgIpc) is 3.31. The Morgan fingerprint density at radius 3 is 2.69 bits per heavy atom. The van der Waals surface area contributed by atoms with Gasteiger partial charge in [0, 0.05) is 37.0 Å². The molecular formula is C20H21Cl2N5O2. The van der Waals surface area contributed by atoms with Crippen LogP contribution in [-0.2, 0) is 6.54 Å². The Labute approximate surface area is 178 Å². The molecule has 29 heavy (non-hydrogen) atoms. The Bertz CT molecular complexity index is 1020. The molecule has 1 amide bonds. The molecule has 0 bridgehead atoms. The third-order valence-corrected chi connectivity index (χ3v) is 5.93. The van der Waals surface area contributed by atoms with Gasteiger partial charge in [0.2, 0.25) is 0 Å². The van der Waals surface area contributed by atoms with E-state index in [1.165, 1.54) is 0 Å². The number of likely N-dealkylation sites (tertiary alicyclic amines) is 1. The topological polar surface area (TPSA) is 77.0 Å². The first-order valence-electron chi connectivity index (χ1n) is 9.48. The molecule has 0 spiro atoms.